The highest BCUT2D eigenvalue weighted by Gasteiger charge is 2.08. The number of carbonyl (C=O) groups is 1. The molecule has 1 atom stereocenters. The molecule has 0 N–H and O–H groups in total. The first kappa shape index (κ1) is 20.3. The van der Waals surface area contributed by atoms with Crippen molar-refractivity contribution in [1.29, 1.82) is 0 Å². The molecule has 23 heavy (non-hydrogen) atoms. The summed E-state index contributed by atoms with van der Waals surface area (Å²) >= 11 is 1.83. The predicted molar refractivity (Wildman–Crippen MR) is 104 cm³/mol. The summed E-state index contributed by atoms with van der Waals surface area (Å²) in [5.41, 5.74) is 1.26. The van der Waals surface area contributed by atoms with Gasteiger partial charge in [-0.3, -0.25) is 0 Å². The number of unbranched alkanes of at least 4 members (excludes halogenated alkanes) is 9. The van der Waals surface area contributed by atoms with Crippen LogP contribution in [0.1, 0.15) is 76.7 Å². The molecule has 1 nitrogen and oxygen atoms in total. The number of carbonyl (C=O) groups excluding carboxylic acids is 1. The second-order valence-electron chi connectivity index (χ2n) is 6.42. The molecular formula is C21H34OS. The van der Waals surface area contributed by atoms with Gasteiger partial charge in [0.15, 0.2) is 0 Å². The molecule has 0 saturated heterocycles. The van der Waals surface area contributed by atoms with Crippen LogP contribution in [0.15, 0.2) is 30.3 Å². The third-order valence-electron chi connectivity index (χ3n) is 4.26. The number of aldehydes is 1. The van der Waals surface area contributed by atoms with Gasteiger partial charge >= 0.3 is 0 Å². The van der Waals surface area contributed by atoms with Gasteiger partial charge in [0.2, 0.25) is 0 Å². The van der Waals surface area contributed by atoms with E-state index in [1.54, 1.807) is 0 Å². The number of hydrogen-bond donors (Lipinski definition) is 0. The average molecular weight is 335 g/mol. The van der Waals surface area contributed by atoms with E-state index in [4.69, 9.17) is 0 Å². The van der Waals surface area contributed by atoms with Crippen molar-refractivity contribution >= 4 is 18.0 Å². The maximum Gasteiger partial charge on any atom is 0.133 e. The SMILES string of the molecule is CCCCCCCCCCCCSC(C=O)Cc1ccccc1. The van der Waals surface area contributed by atoms with Crippen LogP contribution in [-0.4, -0.2) is 17.3 Å². The summed E-state index contributed by atoms with van der Waals surface area (Å²) in [5.74, 6) is 1.12. The molecule has 0 amide bonds. The van der Waals surface area contributed by atoms with E-state index in [-0.39, 0.29) is 5.25 Å². The average Bonchev–Trinajstić information content (AvgIpc) is 2.59. The Hall–Kier alpha value is -0.760. The summed E-state index contributed by atoms with van der Waals surface area (Å²) < 4.78 is 0. The van der Waals surface area contributed by atoms with E-state index in [2.05, 4.69) is 19.1 Å². The fourth-order valence-electron chi connectivity index (χ4n) is 2.82. The van der Waals surface area contributed by atoms with Gasteiger partial charge in [-0.15, -0.1) is 0 Å². The first-order chi connectivity index (χ1) is 11.4. The standard InChI is InChI=1S/C21H34OS/c1-2-3-4-5-6-7-8-9-10-14-17-23-21(19-22)18-20-15-12-11-13-16-20/h11-13,15-16,19,21H,2-10,14,17-18H2,1H3. The first-order valence-corrected chi connectivity index (χ1v) is 10.5. The number of thioether (sulfide) groups is 1. The van der Waals surface area contributed by atoms with Crippen LogP contribution < -0.4 is 0 Å². The molecule has 1 rings (SSSR count). The molecule has 1 aromatic rings. The van der Waals surface area contributed by atoms with Gasteiger partial charge in [0, 0.05) is 0 Å². The predicted octanol–water partition coefficient (Wildman–Crippen LogP) is 6.45. The van der Waals surface area contributed by atoms with E-state index < -0.39 is 0 Å². The topological polar surface area (TPSA) is 17.1 Å². The lowest BCUT2D eigenvalue weighted by Crippen LogP contribution is -2.09. The zero-order chi connectivity index (χ0) is 16.6. The quantitative estimate of drug-likeness (QED) is 0.271. The van der Waals surface area contributed by atoms with Gasteiger partial charge in [-0.2, -0.15) is 11.8 Å². The molecule has 130 valence electrons. The Labute approximate surface area is 147 Å². The summed E-state index contributed by atoms with van der Waals surface area (Å²) in [6.45, 7) is 2.27. The molecule has 0 bridgehead atoms. The van der Waals surface area contributed by atoms with E-state index in [0.29, 0.717) is 0 Å². The second-order valence-corrected chi connectivity index (χ2v) is 7.76. The zero-order valence-electron chi connectivity index (χ0n) is 14.8. The van der Waals surface area contributed by atoms with Gasteiger partial charge in [0.1, 0.15) is 6.29 Å². The molecule has 0 spiro atoms. The van der Waals surface area contributed by atoms with Crippen LogP contribution in [-0.2, 0) is 11.2 Å². The summed E-state index contributed by atoms with van der Waals surface area (Å²) in [5, 5.41) is 0.121. The summed E-state index contributed by atoms with van der Waals surface area (Å²) in [4.78, 5) is 11.2. The summed E-state index contributed by atoms with van der Waals surface area (Å²) in [7, 11) is 0. The third-order valence-corrected chi connectivity index (χ3v) is 5.49. The second kappa shape index (κ2) is 14.8. The molecule has 1 aromatic carbocycles. The van der Waals surface area contributed by atoms with Crippen molar-refractivity contribution < 1.29 is 4.79 Å². The molecule has 0 aliphatic heterocycles. The van der Waals surface area contributed by atoms with E-state index in [0.717, 1.165) is 18.5 Å². The van der Waals surface area contributed by atoms with Crippen LogP contribution in [0.5, 0.6) is 0 Å². The molecule has 2 heteroatoms. The van der Waals surface area contributed by atoms with Crippen molar-refractivity contribution in [2.75, 3.05) is 5.75 Å². The van der Waals surface area contributed by atoms with E-state index >= 15 is 0 Å². The monoisotopic (exact) mass is 334 g/mol. The van der Waals surface area contributed by atoms with Gasteiger partial charge in [-0.25, -0.2) is 0 Å². The van der Waals surface area contributed by atoms with Crippen LogP contribution >= 0.6 is 11.8 Å². The van der Waals surface area contributed by atoms with Crippen molar-refractivity contribution in [3.8, 4) is 0 Å². The number of hydrogen-bond acceptors (Lipinski definition) is 2. The first-order valence-electron chi connectivity index (χ1n) is 9.47. The Balaban J connectivity index is 1.94. The Kier molecular flexibility index (Phi) is 13.1. The lowest BCUT2D eigenvalue weighted by molar-refractivity contribution is -0.107. The van der Waals surface area contributed by atoms with Gasteiger partial charge in [0.25, 0.3) is 0 Å². The molecule has 0 heterocycles. The highest BCUT2D eigenvalue weighted by Crippen LogP contribution is 2.18. The van der Waals surface area contributed by atoms with Crippen molar-refractivity contribution in [2.45, 2.75) is 82.8 Å². The van der Waals surface area contributed by atoms with E-state index in [9.17, 15) is 4.79 Å². The minimum Gasteiger partial charge on any atom is -0.302 e. The minimum absolute atomic E-state index is 0.121. The molecule has 0 fully saturated rings. The van der Waals surface area contributed by atoms with Crippen molar-refractivity contribution in [2.24, 2.45) is 0 Å². The van der Waals surface area contributed by atoms with Crippen LogP contribution in [0.2, 0.25) is 0 Å². The summed E-state index contributed by atoms with van der Waals surface area (Å²) in [6.07, 6.45) is 15.7. The van der Waals surface area contributed by atoms with Gasteiger partial charge < -0.3 is 4.79 Å². The van der Waals surface area contributed by atoms with Crippen LogP contribution in [0, 0.1) is 0 Å². The van der Waals surface area contributed by atoms with Gasteiger partial charge in [-0.1, -0.05) is 95.0 Å². The molecule has 0 aromatic heterocycles. The van der Waals surface area contributed by atoms with Crippen molar-refractivity contribution in [3.05, 3.63) is 35.9 Å². The Morgan fingerprint density at radius 3 is 2.00 bits per heavy atom. The Bertz CT molecular complexity index is 377. The zero-order valence-corrected chi connectivity index (χ0v) is 15.7. The molecule has 1 unspecified atom stereocenters. The molecule has 0 aliphatic rings. The van der Waals surface area contributed by atoms with Crippen LogP contribution in [0.3, 0.4) is 0 Å². The van der Waals surface area contributed by atoms with Crippen molar-refractivity contribution in [3.63, 3.8) is 0 Å². The normalized spacial score (nSPS) is 12.2. The minimum atomic E-state index is 0.121. The number of rotatable bonds is 15. The van der Waals surface area contributed by atoms with Gasteiger partial charge in [0.05, 0.1) is 5.25 Å². The Morgan fingerprint density at radius 2 is 1.43 bits per heavy atom. The molecule has 0 aliphatic carbocycles. The van der Waals surface area contributed by atoms with Crippen molar-refractivity contribution in [1.82, 2.24) is 0 Å². The van der Waals surface area contributed by atoms with Crippen LogP contribution in [0.4, 0.5) is 0 Å². The lowest BCUT2D eigenvalue weighted by Gasteiger charge is -2.10. The highest BCUT2D eigenvalue weighted by molar-refractivity contribution is 8.00. The van der Waals surface area contributed by atoms with E-state index in [1.807, 2.05) is 30.0 Å². The summed E-state index contributed by atoms with van der Waals surface area (Å²) in [6, 6.07) is 10.3. The maximum absolute atomic E-state index is 11.2. The molecular weight excluding hydrogens is 300 g/mol. The molecule has 0 radical (unpaired) electrons. The fourth-order valence-corrected chi connectivity index (χ4v) is 3.88. The number of benzene rings is 1. The van der Waals surface area contributed by atoms with Gasteiger partial charge in [-0.05, 0) is 24.2 Å². The Morgan fingerprint density at radius 1 is 0.870 bits per heavy atom. The lowest BCUT2D eigenvalue weighted by atomic mass is 10.1. The highest BCUT2D eigenvalue weighted by atomic mass is 32.2. The van der Waals surface area contributed by atoms with E-state index in [1.165, 1.54) is 69.8 Å². The van der Waals surface area contributed by atoms with Crippen LogP contribution in [0.25, 0.3) is 0 Å². The largest absolute Gasteiger partial charge is 0.302 e. The fraction of sp³-hybridized carbons (Fsp3) is 0.667. The molecule has 0 saturated carbocycles. The maximum atomic E-state index is 11.2. The smallest absolute Gasteiger partial charge is 0.133 e. The third kappa shape index (κ3) is 11.4.